The van der Waals surface area contributed by atoms with Gasteiger partial charge >= 0.3 is 5.69 Å². The van der Waals surface area contributed by atoms with Crippen LogP contribution in [0.5, 0.6) is 0 Å². The van der Waals surface area contributed by atoms with Gasteiger partial charge in [0.1, 0.15) is 23.9 Å². The van der Waals surface area contributed by atoms with Gasteiger partial charge in [0.05, 0.1) is 6.61 Å². The number of aliphatic hydroxyl groups is 3. The Labute approximate surface area is 140 Å². The molecule has 1 aliphatic rings. The molecule has 4 N–H and O–H groups in total. The molecule has 4 atom stereocenters. The van der Waals surface area contributed by atoms with Crippen LogP contribution < -0.4 is 11.2 Å². The van der Waals surface area contributed by atoms with Crippen molar-refractivity contribution in [3.8, 4) is 0 Å². The number of carbonyl (C=O) groups is 1. The largest absolute Gasteiger partial charge is 0.394 e. The minimum Gasteiger partial charge on any atom is -0.394 e. The van der Waals surface area contributed by atoms with Gasteiger partial charge in [0.25, 0.3) is 5.56 Å². The Bertz CT molecular complexity index is 889. The third-order valence-electron chi connectivity index (χ3n) is 4.04. The Morgan fingerprint density at radius 3 is 2.44 bits per heavy atom. The van der Waals surface area contributed by atoms with E-state index in [1.807, 2.05) is 4.98 Å². The van der Waals surface area contributed by atoms with Crippen LogP contribution in [0.3, 0.4) is 0 Å². The average Bonchev–Trinajstić information content (AvgIpc) is 2.90. The quantitative estimate of drug-likeness (QED) is 0.486. The molecule has 132 valence electrons. The maximum Gasteiger partial charge on any atom is 0.330 e. The van der Waals surface area contributed by atoms with E-state index in [-0.39, 0.29) is 11.1 Å². The predicted molar refractivity (Wildman–Crippen MR) is 84.2 cm³/mol. The van der Waals surface area contributed by atoms with Crippen molar-refractivity contribution in [3.63, 3.8) is 0 Å². The van der Waals surface area contributed by atoms with E-state index in [1.54, 1.807) is 18.2 Å². The number of aromatic nitrogens is 2. The van der Waals surface area contributed by atoms with E-state index >= 15 is 0 Å². The highest BCUT2D eigenvalue weighted by atomic mass is 16.6. The Hall–Kier alpha value is -2.59. The van der Waals surface area contributed by atoms with Gasteiger partial charge in [-0.25, -0.2) is 4.79 Å². The van der Waals surface area contributed by atoms with E-state index in [9.17, 15) is 24.6 Å². The highest BCUT2D eigenvalue weighted by Gasteiger charge is 2.44. The van der Waals surface area contributed by atoms with Crippen molar-refractivity contribution in [2.75, 3.05) is 6.61 Å². The molecular weight excluding hydrogens is 332 g/mol. The third kappa shape index (κ3) is 3.05. The number of aromatic amines is 1. The number of carbonyl (C=O) groups excluding carboxylic acids is 1. The van der Waals surface area contributed by atoms with Gasteiger partial charge in [0.2, 0.25) is 0 Å². The zero-order valence-corrected chi connectivity index (χ0v) is 12.9. The summed E-state index contributed by atoms with van der Waals surface area (Å²) < 4.78 is 6.08. The lowest BCUT2D eigenvalue weighted by atomic mass is 10.1. The molecule has 1 fully saturated rings. The molecule has 25 heavy (non-hydrogen) atoms. The van der Waals surface area contributed by atoms with Crippen molar-refractivity contribution < 1.29 is 24.9 Å². The zero-order valence-electron chi connectivity index (χ0n) is 12.9. The van der Waals surface area contributed by atoms with Crippen molar-refractivity contribution in [1.82, 2.24) is 9.55 Å². The van der Waals surface area contributed by atoms with Crippen LogP contribution >= 0.6 is 0 Å². The van der Waals surface area contributed by atoms with E-state index in [2.05, 4.69) is 0 Å². The van der Waals surface area contributed by atoms with Crippen LogP contribution in [-0.2, 0) is 4.74 Å². The number of ketones is 1. The number of ether oxygens (including phenoxy) is 1. The molecule has 0 saturated carbocycles. The van der Waals surface area contributed by atoms with Gasteiger partial charge in [0.15, 0.2) is 12.0 Å². The SMILES string of the molecule is O=C(c1ccccc1)c1cn([C@H]2O[C@@H](CO)C(O)C2O)c(=O)[nH]c1=O. The fraction of sp³-hybridized carbons (Fsp3) is 0.312. The minimum absolute atomic E-state index is 0.249. The average molecular weight is 348 g/mol. The summed E-state index contributed by atoms with van der Waals surface area (Å²) in [6.07, 6.45) is -4.38. The number of rotatable bonds is 4. The maximum absolute atomic E-state index is 12.5. The second-order valence-corrected chi connectivity index (χ2v) is 5.63. The van der Waals surface area contributed by atoms with E-state index in [4.69, 9.17) is 9.84 Å². The first-order valence-electron chi connectivity index (χ1n) is 7.51. The fourth-order valence-corrected chi connectivity index (χ4v) is 2.69. The van der Waals surface area contributed by atoms with Crippen LogP contribution in [0.25, 0.3) is 0 Å². The summed E-state index contributed by atoms with van der Waals surface area (Å²) in [5.41, 5.74) is -1.85. The van der Waals surface area contributed by atoms with E-state index < -0.39 is 48.2 Å². The van der Waals surface area contributed by atoms with Gasteiger partial charge in [-0.1, -0.05) is 30.3 Å². The van der Waals surface area contributed by atoms with E-state index in [0.717, 1.165) is 10.8 Å². The first kappa shape index (κ1) is 17.2. The molecule has 1 aliphatic heterocycles. The molecule has 9 heteroatoms. The summed E-state index contributed by atoms with van der Waals surface area (Å²) in [7, 11) is 0. The van der Waals surface area contributed by atoms with Crippen molar-refractivity contribution in [1.29, 1.82) is 0 Å². The van der Waals surface area contributed by atoms with Crippen LogP contribution in [0.1, 0.15) is 22.1 Å². The molecule has 0 radical (unpaired) electrons. The molecule has 2 aromatic rings. The topological polar surface area (TPSA) is 142 Å². The minimum atomic E-state index is -1.51. The number of H-pyrrole nitrogens is 1. The maximum atomic E-state index is 12.5. The lowest BCUT2D eigenvalue weighted by Gasteiger charge is -2.17. The molecule has 1 saturated heterocycles. The van der Waals surface area contributed by atoms with Gasteiger partial charge < -0.3 is 20.1 Å². The molecule has 1 aromatic heterocycles. The lowest BCUT2D eigenvalue weighted by molar-refractivity contribution is -0.0550. The van der Waals surface area contributed by atoms with Crippen LogP contribution in [-0.4, -0.2) is 55.6 Å². The van der Waals surface area contributed by atoms with Crippen LogP contribution in [0.15, 0.2) is 46.1 Å². The van der Waals surface area contributed by atoms with Gasteiger partial charge in [-0.05, 0) is 0 Å². The number of hydrogen-bond donors (Lipinski definition) is 4. The van der Waals surface area contributed by atoms with Crippen molar-refractivity contribution in [3.05, 3.63) is 68.5 Å². The van der Waals surface area contributed by atoms with Gasteiger partial charge in [-0.2, -0.15) is 0 Å². The summed E-state index contributed by atoms with van der Waals surface area (Å²) in [5.74, 6) is -0.609. The lowest BCUT2D eigenvalue weighted by Crippen LogP contribution is -2.39. The monoisotopic (exact) mass is 348 g/mol. The second-order valence-electron chi connectivity index (χ2n) is 5.63. The van der Waals surface area contributed by atoms with Crippen LogP contribution in [0, 0.1) is 0 Å². The number of benzene rings is 1. The van der Waals surface area contributed by atoms with Crippen molar-refractivity contribution in [2.24, 2.45) is 0 Å². The van der Waals surface area contributed by atoms with Gasteiger partial charge in [-0.15, -0.1) is 0 Å². The first-order valence-corrected chi connectivity index (χ1v) is 7.51. The number of nitrogens with one attached hydrogen (secondary N) is 1. The molecule has 0 amide bonds. The summed E-state index contributed by atoms with van der Waals surface area (Å²) in [4.78, 5) is 38.5. The van der Waals surface area contributed by atoms with Crippen LogP contribution in [0.2, 0.25) is 0 Å². The third-order valence-corrected chi connectivity index (χ3v) is 4.04. The molecule has 9 nitrogen and oxygen atoms in total. The number of nitrogens with zero attached hydrogens (tertiary/aromatic N) is 1. The van der Waals surface area contributed by atoms with Gasteiger partial charge in [-0.3, -0.25) is 19.1 Å². The number of aliphatic hydroxyl groups excluding tert-OH is 3. The standard InChI is InChI=1S/C16H16N2O7/c19-7-10-12(21)13(22)15(25-10)18-6-9(14(23)17-16(18)24)11(20)8-4-2-1-3-5-8/h1-6,10,12-13,15,19,21-22H,7H2,(H,17,23,24)/t10-,12?,13?,15-/m0/s1. The highest BCUT2D eigenvalue weighted by Crippen LogP contribution is 2.28. The van der Waals surface area contributed by atoms with Crippen molar-refractivity contribution >= 4 is 5.78 Å². The molecule has 0 aliphatic carbocycles. The summed E-state index contributed by atoms with van der Waals surface area (Å²) in [6, 6.07) is 8.00. The molecule has 2 unspecified atom stereocenters. The second kappa shape index (κ2) is 6.73. The number of hydrogen-bond acceptors (Lipinski definition) is 7. The molecule has 1 aromatic carbocycles. The molecular formula is C16H16N2O7. The Morgan fingerprint density at radius 2 is 1.84 bits per heavy atom. The zero-order chi connectivity index (χ0) is 18.1. The van der Waals surface area contributed by atoms with Crippen molar-refractivity contribution in [2.45, 2.75) is 24.5 Å². The summed E-state index contributed by atoms with van der Waals surface area (Å²) in [5, 5.41) is 29.0. The summed E-state index contributed by atoms with van der Waals surface area (Å²) >= 11 is 0. The molecule has 0 spiro atoms. The first-order chi connectivity index (χ1) is 11.9. The normalized spacial score (nSPS) is 25.9. The fourth-order valence-electron chi connectivity index (χ4n) is 2.69. The predicted octanol–water partition coefficient (Wildman–Crippen LogP) is -1.62. The van der Waals surface area contributed by atoms with Crippen LogP contribution in [0.4, 0.5) is 0 Å². The summed E-state index contributed by atoms with van der Waals surface area (Å²) in [6.45, 7) is -0.567. The Morgan fingerprint density at radius 1 is 1.16 bits per heavy atom. The smallest absolute Gasteiger partial charge is 0.330 e. The Balaban J connectivity index is 2.04. The van der Waals surface area contributed by atoms with E-state index in [1.165, 1.54) is 12.1 Å². The molecule has 0 bridgehead atoms. The Kier molecular flexibility index (Phi) is 4.64. The van der Waals surface area contributed by atoms with Gasteiger partial charge in [0, 0.05) is 11.8 Å². The van der Waals surface area contributed by atoms with E-state index in [0.29, 0.717) is 0 Å². The molecule has 3 rings (SSSR count). The highest BCUT2D eigenvalue weighted by molar-refractivity contribution is 6.08. The molecule has 2 heterocycles.